The number of hydrogen-bond acceptors (Lipinski definition) is 3. The van der Waals surface area contributed by atoms with Gasteiger partial charge >= 0.3 is 6.18 Å². The van der Waals surface area contributed by atoms with Gasteiger partial charge in [0.25, 0.3) is 0 Å². The lowest BCUT2D eigenvalue weighted by molar-refractivity contribution is -0.168. The second kappa shape index (κ2) is 6.50. The second-order valence-corrected chi connectivity index (χ2v) is 3.81. The Bertz CT molecular complexity index is 129. The van der Waals surface area contributed by atoms with Crippen LogP contribution in [0.5, 0.6) is 0 Å². The molecule has 0 rings (SSSR count). The van der Waals surface area contributed by atoms with Gasteiger partial charge in [-0.25, -0.2) is 0 Å². The minimum Gasteiger partial charge on any atom is -0.361 e. The average Bonchev–Trinajstić information content (AvgIpc) is 1.93. The van der Waals surface area contributed by atoms with E-state index in [0.717, 1.165) is 12.2 Å². The van der Waals surface area contributed by atoms with Crippen molar-refractivity contribution < 1.29 is 17.9 Å². The van der Waals surface area contributed by atoms with Crippen LogP contribution in [0.2, 0.25) is 0 Å². The van der Waals surface area contributed by atoms with Crippen LogP contribution in [0.4, 0.5) is 13.2 Å². The van der Waals surface area contributed by atoms with Crippen LogP contribution in [0.15, 0.2) is 0 Å². The first-order valence-electron chi connectivity index (χ1n) is 3.89. The molecule has 1 unspecified atom stereocenters. The van der Waals surface area contributed by atoms with Gasteiger partial charge in [-0.3, -0.25) is 0 Å². The second-order valence-electron chi connectivity index (χ2n) is 2.76. The maximum absolute atomic E-state index is 11.5. The Hall–Kier alpha value is 0.0600. The van der Waals surface area contributed by atoms with Gasteiger partial charge in [-0.1, -0.05) is 0 Å². The zero-order chi connectivity index (χ0) is 10.3. The van der Waals surface area contributed by atoms with Crippen molar-refractivity contribution in [1.82, 2.24) is 0 Å². The molecule has 1 atom stereocenters. The molecule has 0 aromatic heterocycles. The van der Waals surface area contributed by atoms with Crippen molar-refractivity contribution in [3.8, 4) is 0 Å². The number of hydrogen-bond donors (Lipinski definition) is 1. The average molecular weight is 217 g/mol. The lowest BCUT2D eigenvalue weighted by atomic mass is 10.3. The molecule has 0 heterocycles. The standard InChI is InChI=1S/C7H14F3NOS/c1-6(11)2-3-13-5-12-4-7(8,9)10/h6H,2-5,11H2,1H3. The first-order valence-corrected chi connectivity index (χ1v) is 5.05. The number of alkyl halides is 3. The molecule has 13 heavy (non-hydrogen) atoms. The van der Waals surface area contributed by atoms with Crippen LogP contribution in [0.1, 0.15) is 13.3 Å². The van der Waals surface area contributed by atoms with Crippen molar-refractivity contribution in [3.05, 3.63) is 0 Å². The molecule has 0 spiro atoms. The largest absolute Gasteiger partial charge is 0.411 e. The van der Waals surface area contributed by atoms with Crippen molar-refractivity contribution in [2.45, 2.75) is 25.6 Å². The van der Waals surface area contributed by atoms with Gasteiger partial charge in [-0.2, -0.15) is 13.2 Å². The summed E-state index contributed by atoms with van der Waals surface area (Å²) in [6.45, 7) is 0.690. The van der Waals surface area contributed by atoms with E-state index >= 15 is 0 Å². The summed E-state index contributed by atoms with van der Waals surface area (Å²) < 4.78 is 39.0. The highest BCUT2D eigenvalue weighted by molar-refractivity contribution is 7.99. The van der Waals surface area contributed by atoms with Crippen LogP contribution < -0.4 is 5.73 Å². The molecule has 80 valence electrons. The fraction of sp³-hybridized carbons (Fsp3) is 1.00. The van der Waals surface area contributed by atoms with E-state index in [4.69, 9.17) is 5.73 Å². The summed E-state index contributed by atoms with van der Waals surface area (Å²) in [6.07, 6.45) is -3.43. The van der Waals surface area contributed by atoms with Crippen molar-refractivity contribution in [1.29, 1.82) is 0 Å². The Morgan fingerprint density at radius 3 is 2.54 bits per heavy atom. The van der Waals surface area contributed by atoms with Crippen molar-refractivity contribution in [3.63, 3.8) is 0 Å². The lowest BCUT2D eigenvalue weighted by Gasteiger charge is -2.07. The van der Waals surface area contributed by atoms with Gasteiger partial charge in [0.05, 0.1) is 5.94 Å². The van der Waals surface area contributed by atoms with Gasteiger partial charge in [-0.05, 0) is 19.1 Å². The van der Waals surface area contributed by atoms with Gasteiger partial charge in [0.1, 0.15) is 6.61 Å². The highest BCUT2D eigenvalue weighted by atomic mass is 32.2. The Morgan fingerprint density at radius 2 is 2.08 bits per heavy atom. The Labute approximate surface area is 80.0 Å². The molecule has 0 aliphatic carbocycles. The molecule has 6 heteroatoms. The highest BCUT2D eigenvalue weighted by Gasteiger charge is 2.27. The quantitative estimate of drug-likeness (QED) is 0.546. The van der Waals surface area contributed by atoms with Crippen LogP contribution in [0, 0.1) is 0 Å². The Kier molecular flexibility index (Phi) is 6.53. The van der Waals surface area contributed by atoms with E-state index in [1.807, 2.05) is 6.92 Å². The highest BCUT2D eigenvalue weighted by Crippen LogP contribution is 2.15. The third-order valence-electron chi connectivity index (χ3n) is 1.15. The van der Waals surface area contributed by atoms with E-state index in [1.54, 1.807) is 0 Å². The van der Waals surface area contributed by atoms with E-state index in [0.29, 0.717) is 0 Å². The van der Waals surface area contributed by atoms with Crippen molar-refractivity contribution in [2.75, 3.05) is 18.3 Å². The summed E-state index contributed by atoms with van der Waals surface area (Å²) in [7, 11) is 0. The molecule has 2 N–H and O–H groups in total. The molecule has 0 aliphatic rings. The van der Waals surface area contributed by atoms with E-state index in [2.05, 4.69) is 4.74 Å². The van der Waals surface area contributed by atoms with Crippen LogP contribution in [-0.4, -0.2) is 30.5 Å². The lowest BCUT2D eigenvalue weighted by Crippen LogP contribution is -2.17. The summed E-state index contributed by atoms with van der Waals surface area (Å²) in [4.78, 5) is 0. The Balaban J connectivity index is 3.09. The molecule has 0 amide bonds. The first-order chi connectivity index (χ1) is 5.92. The van der Waals surface area contributed by atoms with Gasteiger partial charge in [0.15, 0.2) is 0 Å². The minimum atomic E-state index is -4.22. The zero-order valence-electron chi connectivity index (χ0n) is 7.43. The molecule has 0 fully saturated rings. The van der Waals surface area contributed by atoms with Crippen LogP contribution >= 0.6 is 11.8 Å². The third-order valence-corrected chi connectivity index (χ3v) is 2.01. The Morgan fingerprint density at radius 1 is 1.46 bits per heavy atom. The van der Waals surface area contributed by atoms with Gasteiger partial charge < -0.3 is 10.5 Å². The summed E-state index contributed by atoms with van der Waals surface area (Å²) in [6, 6.07) is 0.0927. The van der Waals surface area contributed by atoms with Crippen LogP contribution in [0.3, 0.4) is 0 Å². The minimum absolute atomic E-state index is 0.0756. The maximum atomic E-state index is 11.5. The predicted octanol–water partition coefficient (Wildman–Crippen LogP) is 1.99. The first kappa shape index (κ1) is 13.1. The third kappa shape index (κ3) is 12.1. The summed E-state index contributed by atoms with van der Waals surface area (Å²) in [5, 5.41) is 0. The van der Waals surface area contributed by atoms with E-state index in [9.17, 15) is 13.2 Å². The number of rotatable bonds is 6. The van der Waals surface area contributed by atoms with Crippen LogP contribution in [-0.2, 0) is 4.74 Å². The number of ether oxygens (including phenoxy) is 1. The topological polar surface area (TPSA) is 35.2 Å². The van der Waals surface area contributed by atoms with Crippen molar-refractivity contribution in [2.24, 2.45) is 5.73 Å². The van der Waals surface area contributed by atoms with E-state index in [1.165, 1.54) is 11.8 Å². The number of thioether (sulfide) groups is 1. The van der Waals surface area contributed by atoms with Gasteiger partial charge in [0, 0.05) is 6.04 Å². The summed E-state index contributed by atoms with van der Waals surface area (Å²) >= 11 is 1.32. The summed E-state index contributed by atoms with van der Waals surface area (Å²) in [5.41, 5.74) is 5.44. The zero-order valence-corrected chi connectivity index (χ0v) is 8.25. The SMILES string of the molecule is CC(N)CCSCOCC(F)(F)F. The fourth-order valence-electron chi connectivity index (χ4n) is 0.544. The van der Waals surface area contributed by atoms with Crippen molar-refractivity contribution >= 4 is 11.8 Å². The number of halogens is 3. The molecular weight excluding hydrogens is 203 g/mol. The monoisotopic (exact) mass is 217 g/mol. The number of nitrogens with two attached hydrogens (primary N) is 1. The predicted molar refractivity (Wildman–Crippen MR) is 47.6 cm³/mol. The van der Waals surface area contributed by atoms with E-state index in [-0.39, 0.29) is 12.0 Å². The van der Waals surface area contributed by atoms with E-state index < -0.39 is 12.8 Å². The van der Waals surface area contributed by atoms with Crippen LogP contribution in [0.25, 0.3) is 0 Å². The molecule has 0 saturated heterocycles. The molecule has 0 radical (unpaired) electrons. The smallest absolute Gasteiger partial charge is 0.361 e. The molecule has 0 bridgehead atoms. The normalized spacial score (nSPS) is 14.5. The molecule has 0 aromatic carbocycles. The molecule has 0 saturated carbocycles. The fourth-order valence-corrected chi connectivity index (χ4v) is 1.40. The molecule has 0 aromatic rings. The summed E-state index contributed by atoms with van der Waals surface area (Å²) in [5.74, 6) is 0.807. The maximum Gasteiger partial charge on any atom is 0.411 e. The van der Waals surface area contributed by atoms with Gasteiger partial charge in [-0.15, -0.1) is 11.8 Å². The molecular formula is C7H14F3NOS. The molecule has 2 nitrogen and oxygen atoms in total. The van der Waals surface area contributed by atoms with Gasteiger partial charge in [0.2, 0.25) is 0 Å². The molecule has 0 aliphatic heterocycles.